The maximum atomic E-state index is 9.71. The van der Waals surface area contributed by atoms with Crippen LogP contribution in [0, 0.1) is 13.8 Å². The van der Waals surface area contributed by atoms with Crippen LogP contribution in [-0.2, 0) is 6.42 Å². The first-order valence-corrected chi connectivity index (χ1v) is 9.87. The molecule has 5 heteroatoms. The summed E-state index contributed by atoms with van der Waals surface area (Å²) in [5, 5.41) is 9.71. The summed E-state index contributed by atoms with van der Waals surface area (Å²) in [6.45, 7) is 12.7. The van der Waals surface area contributed by atoms with Crippen LogP contribution in [0.25, 0.3) is 22.4 Å². The molecule has 0 aliphatic heterocycles. The fraction of sp³-hybridized carbons (Fsp3) is 0.500. The van der Waals surface area contributed by atoms with E-state index in [2.05, 4.69) is 57.5 Å². The van der Waals surface area contributed by atoms with Crippen molar-refractivity contribution in [2.24, 2.45) is 0 Å². The second-order valence-corrected chi connectivity index (χ2v) is 7.53. The Hall–Kier alpha value is -2.27. The SMILES string of the molecule is CCc1nc(C(C)C)ccc1-c1nc2c(C)cn(C(CC)CO)c2nc1C. The molecule has 3 rings (SSSR count). The van der Waals surface area contributed by atoms with Crippen LogP contribution >= 0.6 is 0 Å². The van der Waals surface area contributed by atoms with Crippen LogP contribution in [0.15, 0.2) is 18.3 Å². The highest BCUT2D eigenvalue weighted by molar-refractivity contribution is 5.80. The van der Waals surface area contributed by atoms with E-state index in [1.807, 2.05) is 6.92 Å². The van der Waals surface area contributed by atoms with Crippen molar-refractivity contribution in [1.29, 1.82) is 0 Å². The molecule has 1 atom stereocenters. The lowest BCUT2D eigenvalue weighted by atomic mass is 10.0. The molecule has 0 radical (unpaired) electrons. The molecule has 0 bridgehead atoms. The monoisotopic (exact) mass is 366 g/mol. The molecule has 0 fully saturated rings. The molecule has 5 nitrogen and oxygen atoms in total. The highest BCUT2D eigenvalue weighted by Gasteiger charge is 2.19. The van der Waals surface area contributed by atoms with Gasteiger partial charge in [-0.3, -0.25) is 4.98 Å². The predicted molar refractivity (Wildman–Crippen MR) is 110 cm³/mol. The highest BCUT2D eigenvalue weighted by Crippen LogP contribution is 2.30. The van der Waals surface area contributed by atoms with Crippen molar-refractivity contribution in [2.75, 3.05) is 6.61 Å². The third-order valence-corrected chi connectivity index (χ3v) is 5.26. The molecule has 3 aromatic heterocycles. The van der Waals surface area contributed by atoms with Gasteiger partial charge in [-0.1, -0.05) is 27.7 Å². The number of pyridine rings is 1. The van der Waals surface area contributed by atoms with E-state index in [4.69, 9.17) is 15.0 Å². The van der Waals surface area contributed by atoms with Crippen LogP contribution in [0.2, 0.25) is 0 Å². The molecule has 1 N–H and O–H groups in total. The quantitative estimate of drug-likeness (QED) is 0.684. The third-order valence-electron chi connectivity index (χ3n) is 5.26. The number of aliphatic hydroxyl groups excluding tert-OH is 1. The van der Waals surface area contributed by atoms with E-state index < -0.39 is 0 Å². The number of hydrogen-bond acceptors (Lipinski definition) is 4. The first-order chi connectivity index (χ1) is 12.9. The molecule has 0 saturated carbocycles. The molecule has 0 spiro atoms. The van der Waals surface area contributed by atoms with E-state index in [1.54, 1.807) is 0 Å². The lowest BCUT2D eigenvalue weighted by Crippen LogP contribution is -2.12. The van der Waals surface area contributed by atoms with Crippen molar-refractivity contribution in [3.63, 3.8) is 0 Å². The Balaban J connectivity index is 2.20. The van der Waals surface area contributed by atoms with Crippen molar-refractivity contribution in [2.45, 2.75) is 66.3 Å². The zero-order valence-electron chi connectivity index (χ0n) is 17.2. The Morgan fingerprint density at radius 2 is 1.81 bits per heavy atom. The number of rotatable bonds is 6. The van der Waals surface area contributed by atoms with Gasteiger partial charge in [-0.15, -0.1) is 0 Å². The Labute approximate surface area is 161 Å². The topological polar surface area (TPSA) is 63.8 Å². The fourth-order valence-electron chi connectivity index (χ4n) is 3.56. The van der Waals surface area contributed by atoms with Crippen molar-refractivity contribution >= 4 is 11.2 Å². The van der Waals surface area contributed by atoms with Crippen LogP contribution in [0.1, 0.15) is 68.7 Å². The van der Waals surface area contributed by atoms with Crippen LogP contribution in [-0.4, -0.2) is 31.2 Å². The largest absolute Gasteiger partial charge is 0.394 e. The van der Waals surface area contributed by atoms with Crippen LogP contribution in [0.3, 0.4) is 0 Å². The molecule has 0 aliphatic rings. The van der Waals surface area contributed by atoms with Crippen molar-refractivity contribution in [3.8, 4) is 11.3 Å². The van der Waals surface area contributed by atoms with Gasteiger partial charge in [0.05, 0.1) is 24.0 Å². The van der Waals surface area contributed by atoms with E-state index in [1.165, 1.54) is 0 Å². The van der Waals surface area contributed by atoms with Crippen LogP contribution in [0.4, 0.5) is 0 Å². The maximum Gasteiger partial charge on any atom is 0.159 e. The number of aromatic nitrogens is 4. The third kappa shape index (κ3) is 3.48. The normalized spacial score (nSPS) is 12.9. The summed E-state index contributed by atoms with van der Waals surface area (Å²) in [7, 11) is 0. The fourth-order valence-corrected chi connectivity index (χ4v) is 3.56. The average Bonchev–Trinajstić information content (AvgIpc) is 2.97. The van der Waals surface area contributed by atoms with E-state index in [0.717, 1.165) is 57.9 Å². The molecule has 3 aromatic rings. The molecule has 0 aromatic carbocycles. The van der Waals surface area contributed by atoms with Gasteiger partial charge >= 0.3 is 0 Å². The van der Waals surface area contributed by atoms with E-state index in [-0.39, 0.29) is 12.6 Å². The average molecular weight is 367 g/mol. The Morgan fingerprint density at radius 1 is 1.07 bits per heavy atom. The molecule has 0 saturated heterocycles. The van der Waals surface area contributed by atoms with Crippen molar-refractivity contribution < 1.29 is 5.11 Å². The molecule has 1 unspecified atom stereocenters. The maximum absolute atomic E-state index is 9.71. The Kier molecular flexibility index (Phi) is 5.61. The second kappa shape index (κ2) is 7.77. The molecular weight excluding hydrogens is 336 g/mol. The van der Waals surface area contributed by atoms with Crippen molar-refractivity contribution in [1.82, 2.24) is 19.5 Å². The van der Waals surface area contributed by atoms with E-state index in [9.17, 15) is 5.11 Å². The smallest absolute Gasteiger partial charge is 0.159 e. The summed E-state index contributed by atoms with van der Waals surface area (Å²) in [4.78, 5) is 14.7. The number of aryl methyl sites for hydroxylation is 3. The van der Waals surface area contributed by atoms with E-state index >= 15 is 0 Å². The summed E-state index contributed by atoms with van der Waals surface area (Å²) in [5.41, 5.74) is 7.86. The summed E-state index contributed by atoms with van der Waals surface area (Å²) < 4.78 is 2.06. The summed E-state index contributed by atoms with van der Waals surface area (Å²) in [6.07, 6.45) is 3.76. The van der Waals surface area contributed by atoms with Gasteiger partial charge in [0.15, 0.2) is 5.65 Å². The van der Waals surface area contributed by atoms with Gasteiger partial charge in [-0.2, -0.15) is 0 Å². The lowest BCUT2D eigenvalue weighted by molar-refractivity contribution is 0.227. The van der Waals surface area contributed by atoms with Gasteiger partial charge in [-0.25, -0.2) is 9.97 Å². The summed E-state index contributed by atoms with van der Waals surface area (Å²) >= 11 is 0. The van der Waals surface area contributed by atoms with Crippen LogP contribution in [0.5, 0.6) is 0 Å². The molecule has 144 valence electrons. The highest BCUT2D eigenvalue weighted by atomic mass is 16.3. The minimum Gasteiger partial charge on any atom is -0.394 e. The Bertz CT molecular complexity index is 955. The second-order valence-electron chi connectivity index (χ2n) is 7.53. The van der Waals surface area contributed by atoms with Gasteiger partial charge in [0.2, 0.25) is 0 Å². The predicted octanol–water partition coefficient (Wildman–Crippen LogP) is 4.74. The van der Waals surface area contributed by atoms with Gasteiger partial charge in [-0.05, 0) is 50.3 Å². The zero-order valence-corrected chi connectivity index (χ0v) is 17.2. The standard InChI is InChI=1S/C22H30N4O/c1-7-16(12-27)26-11-14(5)20-22(26)23-15(6)21(25-20)17-9-10-19(13(3)4)24-18(17)8-2/h9-11,13,16,27H,7-8,12H2,1-6H3. The van der Waals surface area contributed by atoms with Gasteiger partial charge in [0.1, 0.15) is 5.52 Å². The molecule has 0 amide bonds. The van der Waals surface area contributed by atoms with Gasteiger partial charge in [0, 0.05) is 23.1 Å². The van der Waals surface area contributed by atoms with Crippen LogP contribution < -0.4 is 0 Å². The summed E-state index contributed by atoms with van der Waals surface area (Å²) in [5.74, 6) is 0.403. The minimum absolute atomic E-state index is 0.0268. The molecule has 27 heavy (non-hydrogen) atoms. The molecule has 3 heterocycles. The number of nitrogens with zero attached hydrogens (tertiary/aromatic N) is 4. The lowest BCUT2D eigenvalue weighted by Gasteiger charge is -2.16. The van der Waals surface area contributed by atoms with Gasteiger partial charge in [0.25, 0.3) is 0 Å². The van der Waals surface area contributed by atoms with Crippen molar-refractivity contribution in [3.05, 3.63) is 41.0 Å². The number of hydrogen-bond donors (Lipinski definition) is 1. The Morgan fingerprint density at radius 3 is 2.41 bits per heavy atom. The first-order valence-electron chi connectivity index (χ1n) is 9.87. The number of fused-ring (bicyclic) bond motifs is 1. The first kappa shape index (κ1) is 19.5. The van der Waals surface area contributed by atoms with Gasteiger partial charge < -0.3 is 9.67 Å². The zero-order chi connectivity index (χ0) is 19.7. The minimum atomic E-state index is 0.0268. The molecule has 0 aliphatic carbocycles. The molecular formula is C22H30N4O. The summed E-state index contributed by atoms with van der Waals surface area (Å²) in [6, 6.07) is 4.26. The number of aliphatic hydroxyl groups is 1. The van der Waals surface area contributed by atoms with E-state index in [0.29, 0.717) is 5.92 Å².